The molecule has 1 aromatic heterocycles. The van der Waals surface area contributed by atoms with Gasteiger partial charge in [-0.1, -0.05) is 30.0 Å². The smallest absolute Gasteiger partial charge is 0.240 e. The van der Waals surface area contributed by atoms with Crippen LogP contribution in [0.1, 0.15) is 17.4 Å². The Morgan fingerprint density at radius 2 is 1.86 bits per heavy atom. The standard InChI is InChI=1S/C20H21N5O3S/c1-12-22-23-20-25(12)24-17(13-7-9-15(27-2)10-8-13)18(29-20)19(26)21-14-5-4-6-16(11-14)28-3/h4-11,17-18,24H,1-3H3,(H,21,26)/t17-,18-/m1/s1. The van der Waals surface area contributed by atoms with Crippen LogP contribution in [0.3, 0.4) is 0 Å². The number of hydrogen-bond donors (Lipinski definition) is 2. The van der Waals surface area contributed by atoms with Gasteiger partial charge in [0.25, 0.3) is 0 Å². The van der Waals surface area contributed by atoms with Crippen LogP contribution in [0.2, 0.25) is 0 Å². The van der Waals surface area contributed by atoms with Gasteiger partial charge in [0, 0.05) is 11.8 Å². The minimum atomic E-state index is -0.453. The zero-order valence-electron chi connectivity index (χ0n) is 16.2. The molecule has 0 bridgehead atoms. The van der Waals surface area contributed by atoms with E-state index >= 15 is 0 Å². The lowest BCUT2D eigenvalue weighted by molar-refractivity contribution is -0.116. The van der Waals surface area contributed by atoms with Crippen LogP contribution in [-0.4, -0.2) is 40.3 Å². The van der Waals surface area contributed by atoms with Gasteiger partial charge in [0.05, 0.1) is 20.3 Å². The molecule has 0 unspecified atom stereocenters. The highest BCUT2D eigenvalue weighted by molar-refractivity contribution is 8.00. The Morgan fingerprint density at radius 3 is 2.59 bits per heavy atom. The van der Waals surface area contributed by atoms with Crippen molar-refractivity contribution in [2.75, 3.05) is 25.0 Å². The van der Waals surface area contributed by atoms with E-state index in [1.54, 1.807) is 20.3 Å². The average Bonchev–Trinajstić information content (AvgIpc) is 3.13. The van der Waals surface area contributed by atoms with Crippen molar-refractivity contribution < 1.29 is 14.3 Å². The molecule has 3 aromatic rings. The van der Waals surface area contributed by atoms with Gasteiger partial charge in [0.2, 0.25) is 11.1 Å². The van der Waals surface area contributed by atoms with Crippen LogP contribution in [0.25, 0.3) is 0 Å². The molecule has 0 spiro atoms. The SMILES string of the molecule is COc1ccc([C@H]2Nn3c(C)nnc3S[C@H]2C(=O)Nc2cccc(OC)c2)cc1. The summed E-state index contributed by atoms with van der Waals surface area (Å²) in [4.78, 5) is 13.2. The van der Waals surface area contributed by atoms with E-state index in [0.29, 0.717) is 16.6 Å². The van der Waals surface area contributed by atoms with Crippen molar-refractivity contribution in [3.63, 3.8) is 0 Å². The molecule has 0 saturated heterocycles. The lowest BCUT2D eigenvalue weighted by atomic mass is 10.0. The number of rotatable bonds is 5. The predicted molar refractivity (Wildman–Crippen MR) is 111 cm³/mol. The van der Waals surface area contributed by atoms with Crippen LogP contribution >= 0.6 is 11.8 Å². The molecule has 2 N–H and O–H groups in total. The molecule has 0 fully saturated rings. The Morgan fingerprint density at radius 1 is 1.10 bits per heavy atom. The third-order valence-corrected chi connectivity index (χ3v) is 5.88. The normalized spacial score (nSPS) is 17.8. The first kappa shape index (κ1) is 19.1. The number of nitrogens with one attached hydrogen (secondary N) is 2. The summed E-state index contributed by atoms with van der Waals surface area (Å²) >= 11 is 1.38. The summed E-state index contributed by atoms with van der Waals surface area (Å²) in [5, 5.41) is 11.5. The first-order chi connectivity index (χ1) is 14.1. The lowest BCUT2D eigenvalue weighted by Gasteiger charge is -2.32. The molecule has 2 heterocycles. The number of aromatic nitrogens is 3. The van der Waals surface area contributed by atoms with Gasteiger partial charge in [-0.25, -0.2) is 4.68 Å². The fourth-order valence-corrected chi connectivity index (χ4v) is 4.26. The van der Waals surface area contributed by atoms with Gasteiger partial charge in [-0.3, -0.25) is 4.79 Å². The maximum Gasteiger partial charge on any atom is 0.240 e. The quantitative estimate of drug-likeness (QED) is 0.667. The highest BCUT2D eigenvalue weighted by Crippen LogP contribution is 2.38. The summed E-state index contributed by atoms with van der Waals surface area (Å²) in [6.07, 6.45) is 0. The number of anilines is 1. The topological polar surface area (TPSA) is 90.3 Å². The third kappa shape index (κ3) is 3.86. The van der Waals surface area contributed by atoms with Crippen LogP contribution < -0.4 is 20.2 Å². The molecular formula is C20H21N5O3S. The van der Waals surface area contributed by atoms with E-state index in [9.17, 15) is 4.79 Å². The monoisotopic (exact) mass is 411 g/mol. The van der Waals surface area contributed by atoms with E-state index in [2.05, 4.69) is 20.9 Å². The Balaban J connectivity index is 1.64. The fourth-order valence-electron chi connectivity index (χ4n) is 3.14. The Bertz CT molecular complexity index is 1020. The maximum atomic E-state index is 13.2. The van der Waals surface area contributed by atoms with Gasteiger partial charge in [-0.2, -0.15) is 0 Å². The van der Waals surface area contributed by atoms with Crippen molar-refractivity contribution in [3.8, 4) is 11.5 Å². The highest BCUT2D eigenvalue weighted by Gasteiger charge is 2.37. The average molecular weight is 411 g/mol. The lowest BCUT2D eigenvalue weighted by Crippen LogP contribution is -2.41. The first-order valence-electron chi connectivity index (χ1n) is 9.03. The molecule has 150 valence electrons. The molecule has 0 aliphatic carbocycles. The van der Waals surface area contributed by atoms with Crippen molar-refractivity contribution in [1.29, 1.82) is 0 Å². The van der Waals surface area contributed by atoms with Gasteiger partial charge in [0.15, 0.2) is 0 Å². The van der Waals surface area contributed by atoms with Crippen molar-refractivity contribution in [1.82, 2.24) is 14.9 Å². The number of nitrogens with zero attached hydrogens (tertiary/aromatic N) is 3. The number of amides is 1. The van der Waals surface area contributed by atoms with E-state index in [-0.39, 0.29) is 11.9 Å². The maximum absolute atomic E-state index is 13.2. The predicted octanol–water partition coefficient (Wildman–Crippen LogP) is 3.00. The summed E-state index contributed by atoms with van der Waals surface area (Å²) in [5.41, 5.74) is 5.02. The second-order valence-electron chi connectivity index (χ2n) is 6.50. The Labute approximate surface area is 172 Å². The van der Waals surface area contributed by atoms with Gasteiger partial charge < -0.3 is 20.2 Å². The Kier molecular flexibility index (Phi) is 5.30. The second kappa shape index (κ2) is 8.04. The zero-order chi connectivity index (χ0) is 20.4. The van der Waals surface area contributed by atoms with Crippen LogP contribution in [0.15, 0.2) is 53.7 Å². The van der Waals surface area contributed by atoms with Gasteiger partial charge in [-0.05, 0) is 36.8 Å². The van der Waals surface area contributed by atoms with E-state index in [1.165, 1.54) is 11.8 Å². The number of methoxy groups -OCH3 is 2. The largest absolute Gasteiger partial charge is 0.497 e. The van der Waals surface area contributed by atoms with E-state index in [4.69, 9.17) is 9.47 Å². The summed E-state index contributed by atoms with van der Waals surface area (Å²) in [7, 11) is 3.22. The minimum absolute atomic E-state index is 0.136. The molecule has 1 amide bonds. The van der Waals surface area contributed by atoms with Crippen LogP contribution in [-0.2, 0) is 4.79 Å². The van der Waals surface area contributed by atoms with Crippen LogP contribution in [0.4, 0.5) is 5.69 Å². The highest BCUT2D eigenvalue weighted by atomic mass is 32.2. The molecule has 4 rings (SSSR count). The number of hydrogen-bond acceptors (Lipinski definition) is 7. The number of benzene rings is 2. The molecule has 1 aliphatic heterocycles. The molecular weight excluding hydrogens is 390 g/mol. The number of fused-ring (bicyclic) bond motifs is 1. The molecule has 0 saturated carbocycles. The molecule has 8 nitrogen and oxygen atoms in total. The molecule has 0 radical (unpaired) electrons. The van der Waals surface area contributed by atoms with E-state index < -0.39 is 5.25 Å². The Hall–Kier alpha value is -3.20. The minimum Gasteiger partial charge on any atom is -0.497 e. The van der Waals surface area contributed by atoms with Gasteiger partial charge in [-0.15, -0.1) is 10.2 Å². The van der Waals surface area contributed by atoms with Gasteiger partial charge >= 0.3 is 0 Å². The zero-order valence-corrected chi connectivity index (χ0v) is 17.1. The third-order valence-electron chi connectivity index (χ3n) is 4.67. The van der Waals surface area contributed by atoms with E-state index in [0.717, 1.165) is 17.1 Å². The summed E-state index contributed by atoms with van der Waals surface area (Å²) in [6.45, 7) is 1.87. The molecule has 2 atom stereocenters. The second-order valence-corrected chi connectivity index (χ2v) is 7.61. The molecule has 2 aromatic carbocycles. The number of aryl methyl sites for hydroxylation is 1. The first-order valence-corrected chi connectivity index (χ1v) is 9.91. The number of carbonyl (C=O) groups excluding carboxylic acids is 1. The summed E-state index contributed by atoms with van der Waals surface area (Å²) in [6, 6.07) is 14.7. The van der Waals surface area contributed by atoms with Crippen molar-refractivity contribution >= 4 is 23.4 Å². The van der Waals surface area contributed by atoms with E-state index in [1.807, 2.05) is 54.1 Å². The number of ether oxygens (including phenoxy) is 2. The fraction of sp³-hybridized carbons (Fsp3) is 0.250. The molecule has 1 aliphatic rings. The van der Waals surface area contributed by atoms with Gasteiger partial charge in [0.1, 0.15) is 22.6 Å². The van der Waals surface area contributed by atoms with Crippen LogP contribution in [0.5, 0.6) is 11.5 Å². The number of thioether (sulfide) groups is 1. The summed E-state index contributed by atoms with van der Waals surface area (Å²) < 4.78 is 12.3. The van der Waals surface area contributed by atoms with Crippen LogP contribution in [0, 0.1) is 6.92 Å². The van der Waals surface area contributed by atoms with Crippen molar-refractivity contribution in [2.45, 2.75) is 23.4 Å². The molecule has 29 heavy (non-hydrogen) atoms. The van der Waals surface area contributed by atoms with Crippen molar-refractivity contribution in [2.24, 2.45) is 0 Å². The van der Waals surface area contributed by atoms with Crippen molar-refractivity contribution in [3.05, 3.63) is 59.9 Å². The molecule has 9 heteroatoms. The summed E-state index contributed by atoms with van der Waals surface area (Å²) in [5.74, 6) is 2.04. The number of carbonyl (C=O) groups is 1.